The van der Waals surface area contributed by atoms with Crippen LogP contribution in [-0.2, 0) is 0 Å². The molecule has 0 aliphatic rings. The molecule has 0 atom stereocenters. The molecule has 0 fully saturated rings. The van der Waals surface area contributed by atoms with Gasteiger partial charge in [0.2, 0.25) is 5.43 Å². The molecule has 1 aromatic heterocycles. The van der Waals surface area contributed by atoms with Crippen LogP contribution in [0.15, 0.2) is 51.7 Å². The van der Waals surface area contributed by atoms with Crippen molar-refractivity contribution in [3.63, 3.8) is 0 Å². The molecule has 0 saturated heterocycles. The van der Waals surface area contributed by atoms with Gasteiger partial charge in [-0.15, -0.1) is 0 Å². The molecule has 0 radical (unpaired) electrons. The van der Waals surface area contributed by atoms with Crippen molar-refractivity contribution in [2.24, 2.45) is 0 Å². The number of aryl methyl sites for hydroxylation is 1. The number of benzene rings is 2. The van der Waals surface area contributed by atoms with Gasteiger partial charge in [-0.3, -0.25) is 4.79 Å². The van der Waals surface area contributed by atoms with Crippen LogP contribution in [0.25, 0.3) is 22.1 Å². The van der Waals surface area contributed by atoms with Crippen LogP contribution < -0.4 is 10.2 Å². The highest BCUT2D eigenvalue weighted by Crippen LogP contribution is 2.27. The summed E-state index contributed by atoms with van der Waals surface area (Å²) >= 11 is 5.93. The van der Waals surface area contributed by atoms with Crippen LogP contribution in [0.1, 0.15) is 19.6 Å². The molecule has 5 nitrogen and oxygen atoms in total. The number of carbonyl (C=O) groups excluding carboxylic acids is 1. The average molecular weight is 386 g/mol. The molecule has 0 aliphatic heterocycles. The zero-order valence-electron chi connectivity index (χ0n) is 15.4. The minimum atomic E-state index is -0.434. The van der Waals surface area contributed by atoms with Gasteiger partial charge in [0.1, 0.15) is 17.1 Å². The number of hydrogen-bond acceptors (Lipinski definition) is 4. The predicted molar refractivity (Wildman–Crippen MR) is 107 cm³/mol. The highest BCUT2D eigenvalue weighted by Gasteiger charge is 2.16. The Morgan fingerprint density at radius 1 is 1.11 bits per heavy atom. The zero-order valence-corrected chi connectivity index (χ0v) is 16.2. The number of carbonyl (C=O) groups is 1. The van der Waals surface area contributed by atoms with Gasteiger partial charge in [-0.2, -0.15) is 0 Å². The monoisotopic (exact) mass is 385 g/mol. The lowest BCUT2D eigenvalue weighted by Gasteiger charge is -2.17. The van der Waals surface area contributed by atoms with E-state index in [9.17, 15) is 9.59 Å². The first-order valence-electron chi connectivity index (χ1n) is 8.74. The summed E-state index contributed by atoms with van der Waals surface area (Å²) in [6, 6.07) is 11.8. The van der Waals surface area contributed by atoms with E-state index in [0.29, 0.717) is 46.2 Å². The molecule has 0 aliphatic carbocycles. The molecule has 2 aromatic carbocycles. The second-order valence-electron chi connectivity index (χ2n) is 6.07. The molecule has 0 unspecified atom stereocenters. The number of fused-ring (bicyclic) bond motifs is 1. The second-order valence-corrected chi connectivity index (χ2v) is 6.50. The summed E-state index contributed by atoms with van der Waals surface area (Å²) in [5.41, 5.74) is 1.47. The van der Waals surface area contributed by atoms with Gasteiger partial charge in [-0.25, -0.2) is 4.79 Å². The Hall–Kier alpha value is -2.79. The van der Waals surface area contributed by atoms with Crippen LogP contribution >= 0.6 is 11.6 Å². The van der Waals surface area contributed by atoms with Gasteiger partial charge < -0.3 is 14.1 Å². The van der Waals surface area contributed by atoms with E-state index in [-0.39, 0.29) is 5.43 Å². The van der Waals surface area contributed by atoms with Crippen LogP contribution in [0.2, 0.25) is 5.02 Å². The van der Waals surface area contributed by atoms with Gasteiger partial charge >= 0.3 is 6.09 Å². The number of ether oxygens (including phenoxy) is 1. The molecule has 6 heteroatoms. The summed E-state index contributed by atoms with van der Waals surface area (Å²) in [6.45, 7) is 6.61. The molecule has 1 amide bonds. The summed E-state index contributed by atoms with van der Waals surface area (Å²) in [4.78, 5) is 26.6. The van der Waals surface area contributed by atoms with E-state index in [2.05, 4.69) is 0 Å². The molecular formula is C21H20ClNO4. The maximum absolute atomic E-state index is 13.0. The van der Waals surface area contributed by atoms with Gasteiger partial charge in [0, 0.05) is 24.2 Å². The minimum Gasteiger partial charge on any atom is -0.460 e. The highest BCUT2D eigenvalue weighted by atomic mass is 35.5. The van der Waals surface area contributed by atoms with E-state index in [4.69, 9.17) is 20.8 Å². The average Bonchev–Trinajstić information content (AvgIpc) is 2.64. The standard InChI is InChI=1S/C21H20ClNO4/c1-4-23(5-2)21(25)27-16-10-11-17-18(12-16)26-13(3)19(20(17)24)14-6-8-15(22)9-7-14/h6-12H,4-5H2,1-3H3. The van der Waals surface area contributed by atoms with E-state index in [1.807, 2.05) is 13.8 Å². The lowest BCUT2D eigenvalue weighted by Crippen LogP contribution is -2.33. The Morgan fingerprint density at radius 3 is 2.41 bits per heavy atom. The molecule has 0 N–H and O–H groups in total. The maximum atomic E-state index is 13.0. The number of rotatable bonds is 4. The smallest absolute Gasteiger partial charge is 0.415 e. The number of hydrogen-bond donors (Lipinski definition) is 0. The van der Waals surface area contributed by atoms with Crippen molar-refractivity contribution in [3.05, 3.63) is 63.5 Å². The van der Waals surface area contributed by atoms with Crippen LogP contribution in [0, 0.1) is 6.92 Å². The van der Waals surface area contributed by atoms with Crippen molar-refractivity contribution in [1.29, 1.82) is 0 Å². The van der Waals surface area contributed by atoms with Crippen molar-refractivity contribution in [3.8, 4) is 16.9 Å². The molecule has 0 spiro atoms. The summed E-state index contributed by atoms with van der Waals surface area (Å²) in [5.74, 6) is 0.822. The summed E-state index contributed by atoms with van der Waals surface area (Å²) in [7, 11) is 0. The van der Waals surface area contributed by atoms with Crippen molar-refractivity contribution in [2.45, 2.75) is 20.8 Å². The molecule has 140 valence electrons. The Kier molecular flexibility index (Phi) is 5.51. The molecule has 0 bridgehead atoms. The number of nitrogens with zero attached hydrogens (tertiary/aromatic N) is 1. The lowest BCUT2D eigenvalue weighted by atomic mass is 10.0. The van der Waals surface area contributed by atoms with E-state index in [1.54, 1.807) is 54.3 Å². The summed E-state index contributed by atoms with van der Waals surface area (Å²) in [5, 5.41) is 1.02. The quantitative estimate of drug-likeness (QED) is 0.614. The van der Waals surface area contributed by atoms with Crippen molar-refractivity contribution in [1.82, 2.24) is 4.90 Å². The Labute approximate surface area is 162 Å². The van der Waals surface area contributed by atoms with Crippen LogP contribution in [0.5, 0.6) is 5.75 Å². The first-order chi connectivity index (χ1) is 12.9. The number of amides is 1. The van der Waals surface area contributed by atoms with Gasteiger partial charge in [-0.1, -0.05) is 23.7 Å². The molecular weight excluding hydrogens is 366 g/mol. The fourth-order valence-electron chi connectivity index (χ4n) is 2.95. The third kappa shape index (κ3) is 3.83. The molecule has 0 saturated carbocycles. The van der Waals surface area contributed by atoms with Crippen LogP contribution in [0.3, 0.4) is 0 Å². The minimum absolute atomic E-state index is 0.141. The lowest BCUT2D eigenvalue weighted by molar-refractivity contribution is 0.157. The fraction of sp³-hybridized carbons (Fsp3) is 0.238. The largest absolute Gasteiger partial charge is 0.460 e. The van der Waals surface area contributed by atoms with Gasteiger partial charge in [-0.05, 0) is 50.6 Å². The molecule has 1 heterocycles. The van der Waals surface area contributed by atoms with Crippen molar-refractivity contribution in [2.75, 3.05) is 13.1 Å². The first-order valence-corrected chi connectivity index (χ1v) is 9.12. The summed E-state index contributed by atoms with van der Waals surface area (Å²) < 4.78 is 11.2. The van der Waals surface area contributed by atoms with E-state index >= 15 is 0 Å². The Balaban J connectivity index is 2.02. The SMILES string of the molecule is CCN(CC)C(=O)Oc1ccc2c(=O)c(-c3ccc(Cl)cc3)c(C)oc2c1. The Morgan fingerprint density at radius 2 is 1.78 bits per heavy atom. The second kappa shape index (κ2) is 7.84. The van der Waals surface area contributed by atoms with Crippen LogP contribution in [0.4, 0.5) is 4.79 Å². The van der Waals surface area contributed by atoms with Crippen molar-refractivity contribution < 1.29 is 13.9 Å². The molecule has 3 rings (SSSR count). The Bertz CT molecular complexity index is 1040. The maximum Gasteiger partial charge on any atom is 0.415 e. The van der Waals surface area contributed by atoms with E-state index < -0.39 is 6.09 Å². The highest BCUT2D eigenvalue weighted by molar-refractivity contribution is 6.30. The molecule has 3 aromatic rings. The normalized spacial score (nSPS) is 10.8. The van der Waals surface area contributed by atoms with Gasteiger partial charge in [0.05, 0.1) is 10.9 Å². The van der Waals surface area contributed by atoms with Gasteiger partial charge in [0.25, 0.3) is 0 Å². The fourth-order valence-corrected chi connectivity index (χ4v) is 3.07. The van der Waals surface area contributed by atoms with Gasteiger partial charge in [0.15, 0.2) is 0 Å². The van der Waals surface area contributed by atoms with Crippen molar-refractivity contribution >= 4 is 28.7 Å². The third-order valence-corrected chi connectivity index (χ3v) is 4.65. The van der Waals surface area contributed by atoms with E-state index in [0.717, 1.165) is 5.56 Å². The predicted octanol–water partition coefficient (Wildman–Crippen LogP) is 5.26. The third-order valence-electron chi connectivity index (χ3n) is 4.40. The molecule has 27 heavy (non-hydrogen) atoms. The van der Waals surface area contributed by atoms with E-state index in [1.165, 1.54) is 0 Å². The topological polar surface area (TPSA) is 59.8 Å². The zero-order chi connectivity index (χ0) is 19.6. The number of halogens is 1. The van der Waals surface area contributed by atoms with Crippen LogP contribution in [-0.4, -0.2) is 24.1 Å². The summed E-state index contributed by atoms with van der Waals surface area (Å²) in [6.07, 6.45) is -0.434. The first kappa shape index (κ1) is 19.0.